The van der Waals surface area contributed by atoms with E-state index in [9.17, 15) is 4.79 Å². The molecule has 0 bridgehead atoms. The number of unbranched alkanes of at least 4 members (excludes halogenated alkanes) is 1. The lowest BCUT2D eigenvalue weighted by molar-refractivity contribution is 0.0947. The molecule has 1 aliphatic rings. The third-order valence-corrected chi connectivity index (χ3v) is 2.34. The van der Waals surface area contributed by atoms with E-state index in [1.807, 2.05) is 0 Å². The topological polar surface area (TPSA) is 56.2 Å². The van der Waals surface area contributed by atoms with Crippen LogP contribution >= 0.6 is 0 Å². The van der Waals surface area contributed by atoms with Crippen LogP contribution in [0.5, 0.6) is 5.88 Å². The van der Waals surface area contributed by atoms with Crippen LogP contribution in [0.25, 0.3) is 0 Å². The van der Waals surface area contributed by atoms with Crippen LogP contribution in [0.1, 0.15) is 30.3 Å². The lowest BCUT2D eigenvalue weighted by Crippen LogP contribution is -2.25. The van der Waals surface area contributed by atoms with Crippen LogP contribution in [0.4, 0.5) is 0 Å². The van der Waals surface area contributed by atoms with Crippen LogP contribution in [0.2, 0.25) is 0 Å². The fourth-order valence-corrected chi connectivity index (χ4v) is 1.49. The third kappa shape index (κ3) is 2.11. The molecule has 0 saturated heterocycles. The molecule has 1 aromatic heterocycles. The van der Waals surface area contributed by atoms with Gasteiger partial charge in [0.2, 0.25) is 5.88 Å². The molecule has 5 nitrogen and oxygen atoms in total. The van der Waals surface area contributed by atoms with Crippen LogP contribution in [-0.2, 0) is 6.54 Å². The number of hydrogen-bond donors (Lipinski definition) is 1. The summed E-state index contributed by atoms with van der Waals surface area (Å²) >= 11 is 0. The Morgan fingerprint density at radius 3 is 3.33 bits per heavy atom. The van der Waals surface area contributed by atoms with Crippen molar-refractivity contribution in [2.75, 3.05) is 13.2 Å². The minimum atomic E-state index is -0.117. The van der Waals surface area contributed by atoms with Crippen LogP contribution in [0, 0.1) is 0 Å². The second-order valence-electron chi connectivity index (χ2n) is 3.55. The lowest BCUT2D eigenvalue weighted by atomic mass is 10.3. The number of carbonyl (C=O) groups is 1. The molecule has 82 valence electrons. The SMILES string of the molecule is CCCCNC(=O)c1cc2n(n1)CCO2. The van der Waals surface area contributed by atoms with Crippen molar-refractivity contribution in [1.82, 2.24) is 15.1 Å². The molecule has 1 N–H and O–H groups in total. The van der Waals surface area contributed by atoms with Gasteiger partial charge in [0.15, 0.2) is 5.69 Å². The van der Waals surface area contributed by atoms with Gasteiger partial charge in [-0.2, -0.15) is 5.10 Å². The minimum absolute atomic E-state index is 0.117. The summed E-state index contributed by atoms with van der Waals surface area (Å²) in [5, 5.41) is 6.97. The van der Waals surface area contributed by atoms with E-state index in [-0.39, 0.29) is 5.91 Å². The largest absolute Gasteiger partial charge is 0.476 e. The zero-order valence-electron chi connectivity index (χ0n) is 8.82. The summed E-state index contributed by atoms with van der Waals surface area (Å²) < 4.78 is 6.99. The van der Waals surface area contributed by atoms with Gasteiger partial charge >= 0.3 is 0 Å². The molecule has 1 amide bonds. The number of ether oxygens (including phenoxy) is 1. The average molecular weight is 209 g/mol. The average Bonchev–Trinajstić information content (AvgIpc) is 2.76. The second-order valence-corrected chi connectivity index (χ2v) is 3.55. The first-order chi connectivity index (χ1) is 7.31. The van der Waals surface area contributed by atoms with Crippen molar-refractivity contribution >= 4 is 5.91 Å². The van der Waals surface area contributed by atoms with E-state index in [0.717, 1.165) is 19.4 Å². The lowest BCUT2D eigenvalue weighted by Gasteiger charge is -2.00. The highest BCUT2D eigenvalue weighted by Gasteiger charge is 2.18. The molecular weight excluding hydrogens is 194 g/mol. The molecule has 15 heavy (non-hydrogen) atoms. The summed E-state index contributed by atoms with van der Waals surface area (Å²) in [5.74, 6) is 0.574. The molecule has 0 atom stereocenters. The van der Waals surface area contributed by atoms with Gasteiger partial charge < -0.3 is 10.1 Å². The zero-order valence-corrected chi connectivity index (χ0v) is 8.82. The van der Waals surface area contributed by atoms with Gasteiger partial charge in [-0.1, -0.05) is 13.3 Å². The Hall–Kier alpha value is -1.52. The van der Waals surface area contributed by atoms with E-state index in [2.05, 4.69) is 17.3 Å². The van der Waals surface area contributed by atoms with Crippen LogP contribution in [0.15, 0.2) is 6.07 Å². The molecular formula is C10H15N3O2. The first-order valence-corrected chi connectivity index (χ1v) is 5.30. The van der Waals surface area contributed by atoms with Gasteiger partial charge in [-0.25, -0.2) is 4.68 Å². The number of hydrogen-bond acceptors (Lipinski definition) is 3. The van der Waals surface area contributed by atoms with Gasteiger partial charge in [0.25, 0.3) is 5.91 Å². The van der Waals surface area contributed by atoms with Gasteiger partial charge in [-0.05, 0) is 6.42 Å². The van der Waals surface area contributed by atoms with Crippen molar-refractivity contribution in [3.8, 4) is 5.88 Å². The highest BCUT2D eigenvalue weighted by molar-refractivity contribution is 5.92. The quantitative estimate of drug-likeness (QED) is 0.746. The van der Waals surface area contributed by atoms with Gasteiger partial charge in [-0.3, -0.25) is 4.79 Å². The first kappa shape index (κ1) is 10.0. The fourth-order valence-electron chi connectivity index (χ4n) is 1.49. The van der Waals surface area contributed by atoms with Crippen molar-refractivity contribution in [3.63, 3.8) is 0 Å². The number of carbonyl (C=O) groups excluding carboxylic acids is 1. The molecule has 0 aromatic carbocycles. The minimum Gasteiger partial charge on any atom is -0.476 e. The summed E-state index contributed by atoms with van der Waals surface area (Å²) in [5.41, 5.74) is 0.445. The van der Waals surface area contributed by atoms with Crippen molar-refractivity contribution in [1.29, 1.82) is 0 Å². The fraction of sp³-hybridized carbons (Fsp3) is 0.600. The van der Waals surface area contributed by atoms with Crippen LogP contribution in [-0.4, -0.2) is 28.8 Å². The van der Waals surface area contributed by atoms with Gasteiger partial charge in [0.1, 0.15) is 6.61 Å². The van der Waals surface area contributed by atoms with Gasteiger partial charge in [-0.15, -0.1) is 0 Å². The molecule has 1 aliphatic heterocycles. The molecule has 0 unspecified atom stereocenters. The van der Waals surface area contributed by atoms with Crippen LogP contribution in [0.3, 0.4) is 0 Å². The maximum Gasteiger partial charge on any atom is 0.271 e. The van der Waals surface area contributed by atoms with E-state index in [1.165, 1.54) is 0 Å². The standard InChI is InChI=1S/C10H15N3O2/c1-2-3-4-11-10(14)8-7-9-13(12-8)5-6-15-9/h7H,2-6H2,1H3,(H,11,14). The summed E-state index contributed by atoms with van der Waals surface area (Å²) in [4.78, 5) is 11.6. The molecule has 5 heteroatoms. The second kappa shape index (κ2) is 4.33. The molecule has 0 fully saturated rings. The predicted octanol–water partition coefficient (Wildman–Crippen LogP) is 0.805. The highest BCUT2D eigenvalue weighted by atomic mass is 16.5. The smallest absolute Gasteiger partial charge is 0.271 e. The van der Waals surface area contributed by atoms with E-state index in [4.69, 9.17) is 4.74 Å². The Balaban J connectivity index is 1.94. The summed E-state index contributed by atoms with van der Waals surface area (Å²) in [7, 11) is 0. The maximum atomic E-state index is 11.6. The van der Waals surface area contributed by atoms with E-state index < -0.39 is 0 Å². The van der Waals surface area contributed by atoms with Crippen molar-refractivity contribution in [3.05, 3.63) is 11.8 Å². The third-order valence-electron chi connectivity index (χ3n) is 2.34. The Bertz CT molecular complexity index is 338. The Labute approximate surface area is 88.4 Å². The van der Waals surface area contributed by atoms with Gasteiger partial charge in [0, 0.05) is 12.6 Å². The number of aromatic nitrogens is 2. The summed E-state index contributed by atoms with van der Waals surface area (Å²) in [6.45, 7) is 4.18. The van der Waals surface area contributed by atoms with E-state index >= 15 is 0 Å². The highest BCUT2D eigenvalue weighted by Crippen LogP contribution is 2.18. The Morgan fingerprint density at radius 2 is 2.60 bits per heavy atom. The normalized spacial score (nSPS) is 13.4. The number of amides is 1. The summed E-state index contributed by atoms with van der Waals surface area (Å²) in [6, 6.07) is 1.69. The zero-order chi connectivity index (χ0) is 10.7. The molecule has 0 spiro atoms. The number of rotatable bonds is 4. The monoisotopic (exact) mass is 209 g/mol. The van der Waals surface area contributed by atoms with Crippen molar-refractivity contribution in [2.24, 2.45) is 0 Å². The summed E-state index contributed by atoms with van der Waals surface area (Å²) in [6.07, 6.45) is 2.07. The molecule has 0 saturated carbocycles. The Kier molecular flexibility index (Phi) is 2.89. The predicted molar refractivity (Wildman–Crippen MR) is 55.0 cm³/mol. The maximum absolute atomic E-state index is 11.6. The number of fused-ring (bicyclic) bond motifs is 1. The van der Waals surface area contributed by atoms with E-state index in [0.29, 0.717) is 24.7 Å². The van der Waals surface area contributed by atoms with E-state index in [1.54, 1.807) is 10.7 Å². The molecule has 1 aromatic rings. The molecule has 2 heterocycles. The number of nitrogens with zero attached hydrogens (tertiary/aromatic N) is 2. The molecule has 0 radical (unpaired) electrons. The molecule has 2 rings (SSSR count). The first-order valence-electron chi connectivity index (χ1n) is 5.30. The molecule has 0 aliphatic carbocycles. The van der Waals surface area contributed by atoms with Gasteiger partial charge in [0.05, 0.1) is 6.54 Å². The Morgan fingerprint density at radius 1 is 1.73 bits per heavy atom. The van der Waals surface area contributed by atoms with Crippen LogP contribution < -0.4 is 10.1 Å². The van der Waals surface area contributed by atoms with Crippen molar-refractivity contribution < 1.29 is 9.53 Å². The van der Waals surface area contributed by atoms with Crippen molar-refractivity contribution in [2.45, 2.75) is 26.3 Å². The number of nitrogens with one attached hydrogen (secondary N) is 1.